The van der Waals surface area contributed by atoms with E-state index in [0.29, 0.717) is 4.68 Å². The molecule has 0 spiro atoms. The molecule has 3 rings (SSSR count). The van der Waals surface area contributed by atoms with E-state index in [1.807, 2.05) is 0 Å². The number of fused-ring (bicyclic) bond motifs is 1. The fourth-order valence-electron chi connectivity index (χ4n) is 3.12. The van der Waals surface area contributed by atoms with Crippen LogP contribution < -0.4 is 5.32 Å². The number of amides is 2. The molecule has 168 valence electrons. The summed E-state index contributed by atoms with van der Waals surface area (Å²) in [5, 5.41) is 13.3. The van der Waals surface area contributed by atoms with Gasteiger partial charge < -0.3 is 15.2 Å². The highest BCUT2D eigenvalue weighted by Gasteiger charge is 2.54. The number of β-lactam (4-membered cyclic amide) rings is 1. The predicted molar refractivity (Wildman–Crippen MR) is 98.9 cm³/mol. The number of hydrogen-bond acceptors (Lipinski definition) is 7. The zero-order chi connectivity index (χ0) is 23.2. The first-order valence-electron chi connectivity index (χ1n) is 8.48. The van der Waals surface area contributed by atoms with Gasteiger partial charge in [-0.2, -0.15) is 18.3 Å². The van der Waals surface area contributed by atoms with Crippen molar-refractivity contribution in [2.24, 2.45) is 7.05 Å². The Balaban J connectivity index is 1.81. The molecule has 1 fully saturated rings. The van der Waals surface area contributed by atoms with Gasteiger partial charge in [0.1, 0.15) is 34.4 Å². The largest absolute Gasteiger partial charge is 0.477 e. The van der Waals surface area contributed by atoms with Gasteiger partial charge in [-0.15, -0.1) is 11.8 Å². The molecule has 2 aliphatic rings. The second-order valence-corrected chi connectivity index (χ2v) is 8.01. The number of hydrogen-bond donors (Lipinski definition) is 2. The first-order chi connectivity index (χ1) is 14.3. The van der Waals surface area contributed by atoms with Gasteiger partial charge in [-0.05, 0) is 0 Å². The normalized spacial score (nSPS) is 20.8. The maximum absolute atomic E-state index is 12.9. The summed E-state index contributed by atoms with van der Waals surface area (Å²) in [6.07, 6.45) is -4.88. The number of alkyl halides is 3. The molecular weight excluding hydrogens is 469 g/mol. The highest BCUT2D eigenvalue weighted by Crippen LogP contribution is 2.41. The summed E-state index contributed by atoms with van der Waals surface area (Å²) in [6.45, 7) is 0.830. The lowest BCUT2D eigenvalue weighted by atomic mass is 10.0. The highest BCUT2D eigenvalue weighted by atomic mass is 35.5. The minimum absolute atomic E-state index is 0.0976. The van der Waals surface area contributed by atoms with Crippen LogP contribution in [0.4, 0.5) is 13.2 Å². The van der Waals surface area contributed by atoms with Crippen LogP contribution in [-0.2, 0) is 32.3 Å². The van der Waals surface area contributed by atoms with E-state index in [0.717, 1.165) is 30.6 Å². The highest BCUT2D eigenvalue weighted by molar-refractivity contribution is 8.00. The van der Waals surface area contributed by atoms with Crippen molar-refractivity contribution in [3.8, 4) is 0 Å². The summed E-state index contributed by atoms with van der Waals surface area (Å²) in [4.78, 5) is 48.7. The number of aryl methyl sites for hydroxylation is 1. The first kappa shape index (κ1) is 22.9. The van der Waals surface area contributed by atoms with E-state index >= 15 is 0 Å². The van der Waals surface area contributed by atoms with E-state index in [9.17, 15) is 37.5 Å². The van der Waals surface area contributed by atoms with E-state index < -0.39 is 57.8 Å². The zero-order valence-electron chi connectivity index (χ0n) is 15.8. The van der Waals surface area contributed by atoms with Gasteiger partial charge in [-0.25, -0.2) is 4.79 Å². The first-order valence-corrected chi connectivity index (χ1v) is 9.91. The van der Waals surface area contributed by atoms with Crippen LogP contribution in [0.3, 0.4) is 0 Å². The van der Waals surface area contributed by atoms with E-state index in [4.69, 9.17) is 16.3 Å². The quantitative estimate of drug-likeness (QED) is 0.469. The maximum Gasteiger partial charge on any atom is 0.436 e. The number of carbonyl (C=O) groups is 4. The molecule has 1 aromatic rings. The molecule has 0 radical (unpaired) electrons. The van der Waals surface area contributed by atoms with Crippen LogP contribution >= 0.6 is 23.4 Å². The standard InChI is InChI=1S/C16H14ClF3N4O6S/c1-5(25)30-3-6-4-31-14-8(13(27)24(14)9(6)15(28)29)21-12(26)10-7(17)11(16(18,19)20)22-23(10)2/h8,14H,3-4H2,1-2H3,(H,21,26)(H,28,29). The third-order valence-corrected chi connectivity index (χ3v) is 6.16. The van der Waals surface area contributed by atoms with Gasteiger partial charge in [0.25, 0.3) is 11.8 Å². The second kappa shape index (κ2) is 8.07. The van der Waals surface area contributed by atoms with Crippen molar-refractivity contribution < 1.29 is 42.2 Å². The fraction of sp³-hybridized carbons (Fsp3) is 0.438. The van der Waals surface area contributed by atoms with Crippen molar-refractivity contribution in [3.63, 3.8) is 0 Å². The lowest BCUT2D eigenvalue weighted by Gasteiger charge is -2.49. The van der Waals surface area contributed by atoms with E-state index in [1.54, 1.807) is 0 Å². The van der Waals surface area contributed by atoms with Gasteiger partial charge in [-0.3, -0.25) is 24.0 Å². The average molecular weight is 483 g/mol. The zero-order valence-corrected chi connectivity index (χ0v) is 17.4. The monoisotopic (exact) mass is 482 g/mol. The second-order valence-electron chi connectivity index (χ2n) is 6.53. The summed E-state index contributed by atoms with van der Waals surface area (Å²) < 4.78 is 44.3. The van der Waals surface area contributed by atoms with E-state index in [1.165, 1.54) is 0 Å². The van der Waals surface area contributed by atoms with E-state index in [2.05, 4.69) is 10.4 Å². The van der Waals surface area contributed by atoms with Crippen LogP contribution in [0.1, 0.15) is 23.1 Å². The van der Waals surface area contributed by atoms with Crippen LogP contribution in [0.2, 0.25) is 5.02 Å². The number of carboxylic acid groups (broad SMARTS) is 1. The third kappa shape index (κ3) is 4.08. The maximum atomic E-state index is 12.9. The van der Waals surface area contributed by atoms with Crippen LogP contribution in [0.15, 0.2) is 11.3 Å². The van der Waals surface area contributed by atoms with Gasteiger partial charge in [-0.1, -0.05) is 11.6 Å². The smallest absolute Gasteiger partial charge is 0.436 e. The van der Waals surface area contributed by atoms with Crippen molar-refractivity contribution >= 4 is 47.1 Å². The van der Waals surface area contributed by atoms with Crippen LogP contribution in [0.5, 0.6) is 0 Å². The summed E-state index contributed by atoms with van der Waals surface area (Å²) in [5.41, 5.74) is -2.20. The molecular formula is C16H14ClF3N4O6S. The Morgan fingerprint density at radius 2 is 2.03 bits per heavy atom. The Bertz CT molecular complexity index is 1020. The summed E-state index contributed by atoms with van der Waals surface area (Å²) >= 11 is 6.78. The molecule has 2 aliphatic heterocycles. The molecule has 1 aromatic heterocycles. The van der Waals surface area contributed by atoms with Crippen LogP contribution in [0, 0.1) is 0 Å². The van der Waals surface area contributed by atoms with Crippen molar-refractivity contribution in [3.05, 3.63) is 27.7 Å². The Morgan fingerprint density at radius 3 is 2.55 bits per heavy atom. The number of aromatic nitrogens is 2. The van der Waals surface area contributed by atoms with E-state index in [-0.39, 0.29) is 23.6 Å². The third-order valence-electron chi connectivity index (χ3n) is 4.46. The average Bonchev–Trinajstić information content (AvgIpc) is 2.97. The number of carboxylic acids is 1. The molecule has 31 heavy (non-hydrogen) atoms. The number of nitrogens with zero attached hydrogens (tertiary/aromatic N) is 3. The molecule has 2 atom stereocenters. The molecule has 2 unspecified atom stereocenters. The van der Waals surface area contributed by atoms with Gasteiger partial charge in [0.15, 0.2) is 5.69 Å². The molecule has 2 amide bonds. The van der Waals surface area contributed by atoms with Crippen LogP contribution in [-0.4, -0.2) is 67.3 Å². The van der Waals surface area contributed by atoms with Gasteiger partial charge in [0.05, 0.1) is 0 Å². The molecule has 0 aromatic carbocycles. The van der Waals surface area contributed by atoms with Gasteiger partial charge in [0, 0.05) is 25.3 Å². The molecule has 0 bridgehead atoms. The minimum Gasteiger partial charge on any atom is -0.477 e. The molecule has 3 heterocycles. The fourth-order valence-corrected chi connectivity index (χ4v) is 4.80. The van der Waals surface area contributed by atoms with Crippen LogP contribution in [0.25, 0.3) is 0 Å². The lowest BCUT2D eigenvalue weighted by molar-refractivity contribution is -0.149. The van der Waals surface area contributed by atoms with Crippen molar-refractivity contribution in [2.45, 2.75) is 24.5 Å². The number of carbonyl (C=O) groups excluding carboxylic acids is 3. The Labute approximate surface area is 181 Å². The van der Waals surface area contributed by atoms with Gasteiger partial charge in [0.2, 0.25) is 0 Å². The Morgan fingerprint density at radius 1 is 1.39 bits per heavy atom. The Hall–Kier alpha value is -2.74. The number of thioether (sulfide) groups is 1. The number of rotatable bonds is 5. The molecule has 2 N–H and O–H groups in total. The van der Waals surface area contributed by atoms with Crippen molar-refractivity contribution in [2.75, 3.05) is 12.4 Å². The summed E-state index contributed by atoms with van der Waals surface area (Å²) in [6, 6.07) is -1.19. The predicted octanol–water partition coefficient (Wildman–Crippen LogP) is 1.01. The topological polar surface area (TPSA) is 131 Å². The SMILES string of the molecule is CC(=O)OCC1=C(C(=O)O)N2C(=O)C(NC(=O)c3c(Cl)c(C(F)(F)F)nn3C)C2SC1. The number of nitrogens with one attached hydrogen (secondary N) is 1. The van der Waals surface area contributed by atoms with Crippen molar-refractivity contribution in [1.29, 1.82) is 0 Å². The molecule has 15 heteroatoms. The number of esters is 1. The van der Waals surface area contributed by atoms with Crippen molar-refractivity contribution in [1.82, 2.24) is 20.0 Å². The summed E-state index contributed by atoms with van der Waals surface area (Å²) in [5.74, 6) is -3.80. The lowest BCUT2D eigenvalue weighted by Crippen LogP contribution is -2.70. The minimum atomic E-state index is -4.88. The molecule has 1 saturated heterocycles. The Kier molecular flexibility index (Phi) is 5.97. The number of aliphatic carboxylic acids is 1. The molecule has 10 nitrogen and oxygen atoms in total. The number of ether oxygens (including phenoxy) is 1. The van der Waals surface area contributed by atoms with Gasteiger partial charge >= 0.3 is 18.1 Å². The number of halogens is 4. The molecule has 0 aliphatic carbocycles. The molecule has 0 saturated carbocycles. The summed E-state index contributed by atoms with van der Waals surface area (Å²) in [7, 11) is 1.09.